The van der Waals surface area contributed by atoms with Crippen LogP contribution in [0.1, 0.15) is 135 Å². The first-order valence-corrected chi connectivity index (χ1v) is 28.1. The molecule has 5 heteroatoms. The van der Waals surface area contributed by atoms with Crippen LogP contribution in [0.2, 0.25) is 0 Å². The molecule has 0 saturated heterocycles. The van der Waals surface area contributed by atoms with Gasteiger partial charge < -0.3 is 14.7 Å². The Hall–Kier alpha value is -6.56. The summed E-state index contributed by atoms with van der Waals surface area (Å²) in [6.07, 6.45) is 4.69. The molecule has 9 aromatic rings. The number of rotatable bonds is 5. The fraction of sp³-hybridized carbons (Fsp3) is 0.304. The minimum Gasteiger partial charge on any atom is -0.311 e. The third kappa shape index (κ3) is 7.19. The van der Waals surface area contributed by atoms with Gasteiger partial charge in [0.2, 0.25) is 0 Å². The second kappa shape index (κ2) is 16.2. The van der Waals surface area contributed by atoms with Gasteiger partial charge in [0.05, 0.1) is 5.69 Å². The van der Waals surface area contributed by atoms with E-state index in [9.17, 15) is 0 Å². The standard InChI is InChI=1S/C69H70BN3S/c1-43-36-59-64-60(37-43)73(56-24-19-25-61-63(56)49-29-26-44(65(2,3)4)38-62(49)74-61)57-40-48(71(45-20-15-13-16-21-45)46-22-17-14-18-23-46)28-31-54(57)70(64)55-41-52-53(69(11,12)35-34-68(52,9)10)42-58(55)72(59)47-27-30-50-51(39-47)67(7,8)33-32-66(50,5)6/h13-31,36-42H,32-35H2,1-12H3. The minimum atomic E-state index is -0.0130. The molecular weight excluding hydrogens is 914 g/mol. The van der Waals surface area contributed by atoms with Crippen molar-refractivity contribution < 1.29 is 0 Å². The number of thiophene rings is 1. The molecule has 8 aromatic carbocycles. The number of hydrogen-bond acceptors (Lipinski definition) is 4. The first-order chi connectivity index (χ1) is 35.2. The third-order valence-corrected chi connectivity index (χ3v) is 19.3. The highest BCUT2D eigenvalue weighted by Crippen LogP contribution is 2.54. The molecule has 0 atom stereocenters. The number of hydrogen-bond donors (Lipinski definition) is 0. The molecule has 0 N–H and O–H groups in total. The van der Waals surface area contributed by atoms with Crippen molar-refractivity contribution in [2.45, 2.75) is 136 Å². The van der Waals surface area contributed by atoms with Crippen molar-refractivity contribution in [2.75, 3.05) is 14.7 Å². The Morgan fingerprint density at radius 1 is 0.459 bits per heavy atom. The summed E-state index contributed by atoms with van der Waals surface area (Å²) in [4.78, 5) is 7.81. The maximum absolute atomic E-state index is 2.70. The topological polar surface area (TPSA) is 9.72 Å². The van der Waals surface area contributed by atoms with E-state index in [1.807, 2.05) is 11.3 Å². The van der Waals surface area contributed by atoms with E-state index in [4.69, 9.17) is 0 Å². The molecule has 3 heterocycles. The van der Waals surface area contributed by atoms with Crippen LogP contribution in [-0.2, 0) is 27.1 Å². The van der Waals surface area contributed by atoms with Gasteiger partial charge in [-0.15, -0.1) is 11.3 Å². The van der Waals surface area contributed by atoms with Gasteiger partial charge in [-0.1, -0.05) is 149 Å². The molecule has 0 unspecified atom stereocenters. The second-order valence-electron chi connectivity index (χ2n) is 26.0. The first kappa shape index (κ1) is 47.2. The van der Waals surface area contributed by atoms with Crippen molar-refractivity contribution in [3.05, 3.63) is 191 Å². The van der Waals surface area contributed by atoms with E-state index >= 15 is 0 Å². The molecule has 370 valence electrons. The molecule has 4 aliphatic rings. The van der Waals surface area contributed by atoms with Crippen LogP contribution < -0.4 is 31.1 Å². The number of aryl methyl sites for hydroxylation is 1. The van der Waals surface area contributed by atoms with E-state index in [0.717, 1.165) is 29.9 Å². The van der Waals surface area contributed by atoms with Crippen molar-refractivity contribution in [1.29, 1.82) is 0 Å². The maximum atomic E-state index is 2.70. The number of anilines is 9. The van der Waals surface area contributed by atoms with Gasteiger partial charge in [-0.2, -0.15) is 0 Å². The number of nitrogens with zero attached hydrogens (tertiary/aromatic N) is 3. The number of para-hydroxylation sites is 2. The second-order valence-corrected chi connectivity index (χ2v) is 27.1. The highest BCUT2D eigenvalue weighted by molar-refractivity contribution is 7.26. The zero-order valence-corrected chi connectivity index (χ0v) is 46.5. The lowest BCUT2D eigenvalue weighted by molar-refractivity contribution is 0.332. The van der Waals surface area contributed by atoms with Crippen molar-refractivity contribution in [3.63, 3.8) is 0 Å². The molecular formula is C69H70BN3S. The van der Waals surface area contributed by atoms with E-state index in [2.05, 4.69) is 256 Å². The Labute approximate surface area is 445 Å². The fourth-order valence-corrected chi connectivity index (χ4v) is 14.8. The monoisotopic (exact) mass is 984 g/mol. The molecule has 3 nitrogen and oxygen atoms in total. The Kier molecular flexibility index (Phi) is 10.3. The van der Waals surface area contributed by atoms with Crippen LogP contribution in [-0.4, -0.2) is 6.71 Å². The number of benzene rings is 8. The van der Waals surface area contributed by atoms with Crippen LogP contribution in [0.3, 0.4) is 0 Å². The molecule has 0 bridgehead atoms. The van der Waals surface area contributed by atoms with Gasteiger partial charge in [0.25, 0.3) is 6.71 Å². The van der Waals surface area contributed by atoms with E-state index in [1.165, 1.54) is 117 Å². The van der Waals surface area contributed by atoms with E-state index < -0.39 is 0 Å². The molecule has 0 saturated carbocycles. The van der Waals surface area contributed by atoms with Gasteiger partial charge in [-0.25, -0.2) is 0 Å². The first-order valence-electron chi connectivity index (χ1n) is 27.3. The van der Waals surface area contributed by atoms with Crippen LogP contribution in [0.4, 0.5) is 51.2 Å². The summed E-state index contributed by atoms with van der Waals surface area (Å²) in [6, 6.07) is 61.4. The average Bonchev–Trinajstić information content (AvgIpc) is 3.76. The number of fused-ring (bicyclic) bond motifs is 9. The summed E-state index contributed by atoms with van der Waals surface area (Å²) in [6.45, 7) is 29.1. The molecule has 0 fully saturated rings. The molecule has 13 rings (SSSR count). The van der Waals surface area contributed by atoms with Gasteiger partial charge in [0, 0.05) is 65.7 Å². The molecule has 74 heavy (non-hydrogen) atoms. The van der Waals surface area contributed by atoms with Crippen LogP contribution in [0, 0.1) is 6.92 Å². The highest BCUT2D eigenvalue weighted by Gasteiger charge is 2.47. The zero-order chi connectivity index (χ0) is 51.4. The van der Waals surface area contributed by atoms with Gasteiger partial charge in [-0.3, -0.25) is 0 Å². The molecule has 2 aliphatic heterocycles. The molecule has 2 aliphatic carbocycles. The summed E-state index contributed by atoms with van der Waals surface area (Å²) in [5, 5.41) is 2.62. The van der Waals surface area contributed by atoms with Crippen LogP contribution in [0.5, 0.6) is 0 Å². The quantitative estimate of drug-likeness (QED) is 0.159. The Balaban J connectivity index is 1.14. The molecule has 0 spiro atoms. The summed E-state index contributed by atoms with van der Waals surface area (Å²) in [5.74, 6) is 0. The van der Waals surface area contributed by atoms with E-state index in [0.29, 0.717) is 0 Å². The van der Waals surface area contributed by atoms with Crippen LogP contribution in [0.15, 0.2) is 158 Å². The predicted octanol–water partition coefficient (Wildman–Crippen LogP) is 17.9. The van der Waals surface area contributed by atoms with Crippen LogP contribution in [0.25, 0.3) is 20.2 Å². The maximum Gasteiger partial charge on any atom is 0.252 e. The largest absolute Gasteiger partial charge is 0.311 e. The SMILES string of the molecule is Cc1cc2c3c(c1)N(c1cccc4sc5cc(C(C)(C)C)ccc5c14)c1cc(N(c4ccccc4)c4ccccc4)ccc1B3c1cc3c(cc1N2c1ccc2c(c1)C(C)(C)CCC2(C)C)C(C)(C)CCC3(C)C. The average molecular weight is 984 g/mol. The van der Waals surface area contributed by atoms with Crippen LogP contribution >= 0.6 is 11.3 Å². The van der Waals surface area contributed by atoms with E-state index in [-0.39, 0.29) is 33.8 Å². The van der Waals surface area contributed by atoms with Crippen molar-refractivity contribution in [2.24, 2.45) is 0 Å². The van der Waals surface area contributed by atoms with Gasteiger partial charge in [0.1, 0.15) is 0 Å². The Morgan fingerprint density at radius 3 is 1.68 bits per heavy atom. The summed E-state index contributed by atoms with van der Waals surface area (Å²) in [5.41, 5.74) is 23.9. The minimum absolute atomic E-state index is 0.0130. The van der Waals surface area contributed by atoms with Crippen molar-refractivity contribution in [1.82, 2.24) is 0 Å². The third-order valence-electron chi connectivity index (χ3n) is 18.1. The van der Waals surface area contributed by atoms with Gasteiger partial charge in [0.15, 0.2) is 0 Å². The lowest BCUT2D eigenvalue weighted by atomic mass is 9.33. The molecule has 0 amide bonds. The highest BCUT2D eigenvalue weighted by atomic mass is 32.1. The Morgan fingerprint density at radius 2 is 1.04 bits per heavy atom. The Bertz CT molecular complexity index is 3720. The lowest BCUT2D eigenvalue weighted by Gasteiger charge is -2.48. The summed E-state index contributed by atoms with van der Waals surface area (Å²) in [7, 11) is 0. The fourth-order valence-electron chi connectivity index (χ4n) is 13.6. The summed E-state index contributed by atoms with van der Waals surface area (Å²) < 4.78 is 2.64. The lowest BCUT2D eigenvalue weighted by Crippen LogP contribution is -2.62. The van der Waals surface area contributed by atoms with Crippen molar-refractivity contribution >= 4 is 106 Å². The summed E-state index contributed by atoms with van der Waals surface area (Å²) >= 11 is 1.93. The van der Waals surface area contributed by atoms with Gasteiger partial charge in [-0.05, 0) is 194 Å². The predicted molar refractivity (Wildman–Crippen MR) is 322 cm³/mol. The van der Waals surface area contributed by atoms with Gasteiger partial charge >= 0.3 is 0 Å². The molecule has 1 aromatic heterocycles. The smallest absolute Gasteiger partial charge is 0.252 e. The van der Waals surface area contributed by atoms with E-state index in [1.54, 1.807) is 0 Å². The normalized spacial score (nSPS) is 17.6. The zero-order valence-electron chi connectivity index (χ0n) is 45.7. The molecule has 0 radical (unpaired) electrons. The van der Waals surface area contributed by atoms with Crippen molar-refractivity contribution in [3.8, 4) is 0 Å².